The summed E-state index contributed by atoms with van der Waals surface area (Å²) >= 11 is 0. The van der Waals surface area contributed by atoms with Gasteiger partial charge in [-0.05, 0) is 32.4 Å². The van der Waals surface area contributed by atoms with Crippen LogP contribution in [0.5, 0.6) is 5.88 Å². The minimum Gasteiger partial charge on any atom is -0.480 e. The third-order valence-electron chi connectivity index (χ3n) is 2.60. The number of carbonyl (C=O) groups is 1. The molecule has 0 aliphatic heterocycles. The zero-order chi connectivity index (χ0) is 14.7. The van der Waals surface area contributed by atoms with E-state index in [1.54, 1.807) is 6.92 Å². The van der Waals surface area contributed by atoms with E-state index in [1.165, 1.54) is 7.11 Å². The predicted molar refractivity (Wildman–Crippen MR) is 69.5 cm³/mol. The Kier molecular flexibility index (Phi) is 3.97. The van der Waals surface area contributed by atoms with Crippen molar-refractivity contribution in [1.82, 2.24) is 15.1 Å². The Labute approximate surface area is 115 Å². The average Bonchev–Trinajstić information content (AvgIpc) is 2.87. The Morgan fingerprint density at radius 3 is 2.75 bits per heavy atom. The van der Waals surface area contributed by atoms with Gasteiger partial charge >= 0.3 is 11.9 Å². The lowest BCUT2D eigenvalue weighted by Gasteiger charge is -2.08. The third kappa shape index (κ3) is 2.61. The fraction of sp³-hybridized carbons (Fsp3) is 0.385. The zero-order valence-electron chi connectivity index (χ0n) is 11.8. The molecule has 0 spiro atoms. The number of aromatic nitrogens is 3. The SMILES string of the molecule is CCOC(=O)c1nc(-c2c(C)cc(C)nc2OC)no1. The normalized spacial score (nSPS) is 10.4. The number of carbonyl (C=O) groups excluding carboxylic acids is 1. The van der Waals surface area contributed by atoms with E-state index in [-0.39, 0.29) is 18.3 Å². The van der Waals surface area contributed by atoms with Gasteiger partial charge < -0.3 is 14.0 Å². The summed E-state index contributed by atoms with van der Waals surface area (Å²) in [6.45, 7) is 5.68. The van der Waals surface area contributed by atoms with Gasteiger partial charge in [0.25, 0.3) is 0 Å². The molecule has 0 N–H and O–H groups in total. The first-order valence-corrected chi connectivity index (χ1v) is 6.10. The summed E-state index contributed by atoms with van der Waals surface area (Å²) in [4.78, 5) is 19.8. The summed E-state index contributed by atoms with van der Waals surface area (Å²) in [5, 5.41) is 3.78. The summed E-state index contributed by atoms with van der Waals surface area (Å²) in [5.41, 5.74) is 2.29. The van der Waals surface area contributed by atoms with Crippen LogP contribution in [0, 0.1) is 13.8 Å². The van der Waals surface area contributed by atoms with Gasteiger partial charge in [-0.2, -0.15) is 4.98 Å². The van der Waals surface area contributed by atoms with Crippen LogP contribution in [0.2, 0.25) is 0 Å². The molecule has 7 nitrogen and oxygen atoms in total. The number of ether oxygens (including phenoxy) is 2. The summed E-state index contributed by atoms with van der Waals surface area (Å²) in [7, 11) is 1.51. The second-order valence-electron chi connectivity index (χ2n) is 4.11. The molecule has 0 atom stereocenters. The maximum atomic E-state index is 11.5. The minimum absolute atomic E-state index is 0.191. The maximum Gasteiger partial charge on any atom is 0.397 e. The van der Waals surface area contributed by atoms with Crippen molar-refractivity contribution in [1.29, 1.82) is 0 Å². The first-order valence-electron chi connectivity index (χ1n) is 6.10. The van der Waals surface area contributed by atoms with Crippen molar-refractivity contribution in [2.24, 2.45) is 0 Å². The standard InChI is InChI=1S/C13H15N3O4/c1-5-19-13(17)12-15-10(16-20-12)9-7(2)6-8(3)14-11(9)18-4/h6H,5H2,1-4H3. The molecule has 2 heterocycles. The Morgan fingerprint density at radius 2 is 2.10 bits per heavy atom. The van der Waals surface area contributed by atoms with Crippen molar-refractivity contribution in [3.05, 3.63) is 23.2 Å². The lowest BCUT2D eigenvalue weighted by molar-refractivity contribution is 0.0470. The lowest BCUT2D eigenvalue weighted by Crippen LogP contribution is -2.05. The number of hydrogen-bond donors (Lipinski definition) is 0. The number of rotatable bonds is 4. The molecule has 2 aromatic heterocycles. The smallest absolute Gasteiger partial charge is 0.397 e. The van der Waals surface area contributed by atoms with Gasteiger partial charge in [0, 0.05) is 5.69 Å². The maximum absolute atomic E-state index is 11.5. The lowest BCUT2D eigenvalue weighted by atomic mass is 10.1. The molecule has 0 unspecified atom stereocenters. The number of hydrogen-bond acceptors (Lipinski definition) is 7. The molecule has 0 bridgehead atoms. The van der Waals surface area contributed by atoms with Crippen LogP contribution in [0.3, 0.4) is 0 Å². The summed E-state index contributed by atoms with van der Waals surface area (Å²) < 4.78 is 14.9. The van der Waals surface area contributed by atoms with Crippen LogP contribution < -0.4 is 4.74 Å². The Morgan fingerprint density at radius 1 is 1.35 bits per heavy atom. The highest BCUT2D eigenvalue weighted by Gasteiger charge is 2.21. The molecule has 0 saturated carbocycles. The van der Waals surface area contributed by atoms with Crippen molar-refractivity contribution >= 4 is 5.97 Å². The van der Waals surface area contributed by atoms with E-state index < -0.39 is 5.97 Å². The van der Waals surface area contributed by atoms with Crippen molar-refractivity contribution in [2.75, 3.05) is 13.7 Å². The Balaban J connectivity index is 2.45. The molecule has 7 heteroatoms. The van der Waals surface area contributed by atoms with Gasteiger partial charge in [0.15, 0.2) is 0 Å². The van der Waals surface area contributed by atoms with E-state index in [1.807, 2.05) is 19.9 Å². The molecule has 20 heavy (non-hydrogen) atoms. The van der Waals surface area contributed by atoms with Crippen LogP contribution in [-0.4, -0.2) is 34.8 Å². The van der Waals surface area contributed by atoms with Gasteiger partial charge in [0.2, 0.25) is 11.7 Å². The molecule has 0 aromatic carbocycles. The van der Waals surface area contributed by atoms with Crippen molar-refractivity contribution in [2.45, 2.75) is 20.8 Å². The van der Waals surface area contributed by atoms with E-state index in [4.69, 9.17) is 14.0 Å². The fourth-order valence-corrected chi connectivity index (χ4v) is 1.82. The van der Waals surface area contributed by atoms with Crippen LogP contribution in [0.4, 0.5) is 0 Å². The largest absolute Gasteiger partial charge is 0.480 e. The molecule has 0 amide bonds. The van der Waals surface area contributed by atoms with Crippen molar-refractivity contribution in [3.63, 3.8) is 0 Å². The second-order valence-corrected chi connectivity index (χ2v) is 4.11. The predicted octanol–water partition coefficient (Wildman–Crippen LogP) is 1.93. The molecule has 0 fully saturated rings. The van der Waals surface area contributed by atoms with Crippen molar-refractivity contribution in [3.8, 4) is 17.3 Å². The van der Waals surface area contributed by atoms with Gasteiger partial charge in [-0.15, -0.1) is 0 Å². The van der Waals surface area contributed by atoms with Gasteiger partial charge in [-0.3, -0.25) is 0 Å². The van der Waals surface area contributed by atoms with Crippen LogP contribution in [0.25, 0.3) is 11.4 Å². The van der Waals surface area contributed by atoms with E-state index in [2.05, 4.69) is 15.1 Å². The summed E-state index contributed by atoms with van der Waals surface area (Å²) in [5.74, 6) is -0.208. The Bertz CT molecular complexity index is 637. The first-order chi connectivity index (χ1) is 9.56. The number of aryl methyl sites for hydroxylation is 2. The third-order valence-corrected chi connectivity index (χ3v) is 2.60. The highest BCUT2D eigenvalue weighted by atomic mass is 16.6. The topological polar surface area (TPSA) is 87.3 Å². The summed E-state index contributed by atoms with van der Waals surface area (Å²) in [6.07, 6.45) is 0. The highest BCUT2D eigenvalue weighted by molar-refractivity contribution is 5.84. The zero-order valence-corrected chi connectivity index (χ0v) is 11.8. The number of nitrogens with zero attached hydrogens (tertiary/aromatic N) is 3. The molecule has 0 aliphatic carbocycles. The number of pyridine rings is 1. The van der Waals surface area contributed by atoms with Crippen LogP contribution >= 0.6 is 0 Å². The highest BCUT2D eigenvalue weighted by Crippen LogP contribution is 2.30. The number of methoxy groups -OCH3 is 1. The fourth-order valence-electron chi connectivity index (χ4n) is 1.82. The molecule has 2 aromatic rings. The van der Waals surface area contributed by atoms with Gasteiger partial charge in [-0.1, -0.05) is 5.16 Å². The molecule has 2 rings (SSSR count). The first kappa shape index (κ1) is 14.0. The minimum atomic E-state index is -0.650. The summed E-state index contributed by atoms with van der Waals surface area (Å²) in [6, 6.07) is 1.87. The van der Waals surface area contributed by atoms with Crippen molar-refractivity contribution < 1.29 is 18.8 Å². The molecule has 0 radical (unpaired) electrons. The number of esters is 1. The van der Waals surface area contributed by atoms with Gasteiger partial charge in [0.1, 0.15) is 0 Å². The monoisotopic (exact) mass is 277 g/mol. The van der Waals surface area contributed by atoms with E-state index in [9.17, 15) is 4.79 Å². The molecular weight excluding hydrogens is 262 g/mol. The molecule has 106 valence electrons. The van der Waals surface area contributed by atoms with E-state index in [0.29, 0.717) is 11.4 Å². The second kappa shape index (κ2) is 5.68. The quantitative estimate of drug-likeness (QED) is 0.789. The molecular formula is C13H15N3O4. The van der Waals surface area contributed by atoms with Crippen LogP contribution in [-0.2, 0) is 4.74 Å². The molecule has 0 saturated heterocycles. The molecule has 0 aliphatic rings. The van der Waals surface area contributed by atoms with E-state index >= 15 is 0 Å². The van der Waals surface area contributed by atoms with Crippen LogP contribution in [0.15, 0.2) is 10.6 Å². The van der Waals surface area contributed by atoms with E-state index in [0.717, 1.165) is 11.3 Å². The van der Waals surface area contributed by atoms with Crippen LogP contribution in [0.1, 0.15) is 28.9 Å². The van der Waals surface area contributed by atoms with Gasteiger partial charge in [-0.25, -0.2) is 9.78 Å². The average molecular weight is 277 g/mol. The Hall–Kier alpha value is -2.44. The van der Waals surface area contributed by atoms with Gasteiger partial charge in [0.05, 0.1) is 19.3 Å².